The Balaban J connectivity index is 1.96. The van der Waals surface area contributed by atoms with Crippen molar-refractivity contribution in [3.63, 3.8) is 0 Å². The second kappa shape index (κ2) is 9.72. The second-order valence-corrected chi connectivity index (χ2v) is 7.84. The van der Waals surface area contributed by atoms with Gasteiger partial charge in [-0.3, -0.25) is 4.89 Å². The van der Waals surface area contributed by atoms with Crippen molar-refractivity contribution >= 4 is 11.5 Å². The van der Waals surface area contributed by atoms with E-state index in [0.29, 0.717) is 28.7 Å². The molecule has 158 valence electrons. The first-order chi connectivity index (χ1) is 14.4. The van der Waals surface area contributed by atoms with Crippen LogP contribution in [0.3, 0.4) is 0 Å². The number of hydrogen-bond acceptors (Lipinski definition) is 4. The summed E-state index contributed by atoms with van der Waals surface area (Å²) in [6, 6.07) is 9.29. The lowest BCUT2D eigenvalue weighted by atomic mass is 9.92. The molecule has 0 unspecified atom stereocenters. The van der Waals surface area contributed by atoms with Gasteiger partial charge in [-0.25, -0.2) is 9.18 Å². The van der Waals surface area contributed by atoms with E-state index in [1.54, 1.807) is 24.3 Å². The molecular formula is C25H27FO4. The van der Waals surface area contributed by atoms with Crippen molar-refractivity contribution in [3.05, 3.63) is 82.7 Å². The summed E-state index contributed by atoms with van der Waals surface area (Å²) in [5.41, 5.74) is 3.23. The Hall–Kier alpha value is -2.92. The Morgan fingerprint density at radius 2 is 1.83 bits per heavy atom. The third kappa shape index (κ3) is 5.16. The van der Waals surface area contributed by atoms with Gasteiger partial charge in [0, 0.05) is 5.56 Å². The van der Waals surface area contributed by atoms with Gasteiger partial charge in [-0.1, -0.05) is 55.3 Å². The Morgan fingerprint density at radius 1 is 1.17 bits per heavy atom. The number of rotatable bonds is 7. The van der Waals surface area contributed by atoms with E-state index in [1.807, 2.05) is 19.9 Å². The molecule has 30 heavy (non-hydrogen) atoms. The third-order valence-corrected chi connectivity index (χ3v) is 5.28. The molecule has 0 atom stereocenters. The zero-order valence-electron chi connectivity index (χ0n) is 17.4. The standard InChI is InChI=1S/C25H27FO4/c1-16(2)8-9-19-12-15-22(17(3)18-10-13-20(26)14-11-18)23(24(19)27)25(28)30-29-21-6-4-5-7-21/h8,10-15,21,27H,3-7,9H2,1-2H3. The molecule has 0 amide bonds. The molecule has 0 saturated heterocycles. The summed E-state index contributed by atoms with van der Waals surface area (Å²) in [5, 5.41) is 10.9. The van der Waals surface area contributed by atoms with Crippen molar-refractivity contribution in [1.82, 2.24) is 0 Å². The lowest BCUT2D eigenvalue weighted by Gasteiger charge is -2.16. The summed E-state index contributed by atoms with van der Waals surface area (Å²) < 4.78 is 13.3. The summed E-state index contributed by atoms with van der Waals surface area (Å²) in [4.78, 5) is 23.3. The molecule has 0 heterocycles. The van der Waals surface area contributed by atoms with Crippen molar-refractivity contribution < 1.29 is 24.1 Å². The van der Waals surface area contributed by atoms with Gasteiger partial charge in [-0.05, 0) is 61.9 Å². The topological polar surface area (TPSA) is 55.8 Å². The van der Waals surface area contributed by atoms with Crippen LogP contribution in [0, 0.1) is 5.82 Å². The quantitative estimate of drug-likeness (QED) is 0.339. The van der Waals surface area contributed by atoms with Gasteiger partial charge in [0.15, 0.2) is 0 Å². The van der Waals surface area contributed by atoms with E-state index < -0.39 is 5.97 Å². The number of carbonyl (C=O) groups is 1. The van der Waals surface area contributed by atoms with Crippen LogP contribution in [0.1, 0.15) is 66.6 Å². The van der Waals surface area contributed by atoms with Crippen LogP contribution >= 0.6 is 0 Å². The molecule has 1 fully saturated rings. The van der Waals surface area contributed by atoms with E-state index in [0.717, 1.165) is 31.3 Å². The summed E-state index contributed by atoms with van der Waals surface area (Å²) >= 11 is 0. The normalized spacial score (nSPS) is 13.8. The number of phenols is 1. The molecule has 4 nitrogen and oxygen atoms in total. The minimum absolute atomic E-state index is 0.00183. The molecule has 3 rings (SSSR count). The Kier molecular flexibility index (Phi) is 7.06. The number of allylic oxidation sites excluding steroid dienone is 2. The van der Waals surface area contributed by atoms with E-state index in [4.69, 9.17) is 9.78 Å². The van der Waals surface area contributed by atoms with Gasteiger partial charge in [-0.2, -0.15) is 4.89 Å². The fraction of sp³-hybridized carbons (Fsp3) is 0.320. The van der Waals surface area contributed by atoms with E-state index in [1.165, 1.54) is 12.1 Å². The van der Waals surface area contributed by atoms with Crippen LogP contribution in [0.15, 0.2) is 54.6 Å². The van der Waals surface area contributed by atoms with Crippen LogP contribution in [0.4, 0.5) is 4.39 Å². The van der Waals surface area contributed by atoms with Gasteiger partial charge in [0.1, 0.15) is 23.2 Å². The predicted molar refractivity (Wildman–Crippen MR) is 115 cm³/mol. The molecular weight excluding hydrogens is 383 g/mol. The van der Waals surface area contributed by atoms with Crippen LogP contribution < -0.4 is 0 Å². The predicted octanol–water partition coefficient (Wildman–Crippen LogP) is 6.13. The van der Waals surface area contributed by atoms with Gasteiger partial charge < -0.3 is 5.11 Å². The number of aromatic hydroxyl groups is 1. The average molecular weight is 410 g/mol. The van der Waals surface area contributed by atoms with Crippen molar-refractivity contribution in [2.75, 3.05) is 0 Å². The first-order valence-electron chi connectivity index (χ1n) is 10.2. The minimum Gasteiger partial charge on any atom is -0.507 e. The molecule has 0 radical (unpaired) electrons. The zero-order valence-corrected chi connectivity index (χ0v) is 17.4. The number of halogens is 1. The van der Waals surface area contributed by atoms with Crippen LogP contribution in [0.5, 0.6) is 5.75 Å². The van der Waals surface area contributed by atoms with E-state index in [-0.39, 0.29) is 23.2 Å². The van der Waals surface area contributed by atoms with Gasteiger partial charge in [0.25, 0.3) is 0 Å². The highest BCUT2D eigenvalue weighted by Crippen LogP contribution is 2.34. The lowest BCUT2D eigenvalue weighted by Crippen LogP contribution is -2.15. The fourth-order valence-corrected chi connectivity index (χ4v) is 3.52. The molecule has 0 bridgehead atoms. The largest absolute Gasteiger partial charge is 0.507 e. The zero-order chi connectivity index (χ0) is 21.7. The monoisotopic (exact) mass is 410 g/mol. The van der Waals surface area contributed by atoms with Crippen LogP contribution in [0.2, 0.25) is 0 Å². The number of phenolic OH excluding ortho intramolecular Hbond substituents is 1. The van der Waals surface area contributed by atoms with Crippen LogP contribution in [-0.2, 0) is 16.2 Å². The SMILES string of the molecule is C=C(c1ccc(F)cc1)c1ccc(CC=C(C)C)c(O)c1C(=O)OOC1CCCC1. The van der Waals surface area contributed by atoms with Gasteiger partial charge in [-0.15, -0.1) is 0 Å². The van der Waals surface area contributed by atoms with Crippen molar-refractivity contribution in [2.24, 2.45) is 0 Å². The van der Waals surface area contributed by atoms with E-state index in [9.17, 15) is 14.3 Å². The lowest BCUT2D eigenvalue weighted by molar-refractivity contribution is -0.272. The molecule has 5 heteroatoms. The smallest absolute Gasteiger partial charge is 0.377 e. The maximum absolute atomic E-state index is 13.3. The molecule has 0 aliphatic heterocycles. The summed E-state index contributed by atoms with van der Waals surface area (Å²) in [6.45, 7) is 7.99. The number of carbonyl (C=O) groups excluding carboxylic acids is 1. The molecule has 1 aliphatic rings. The molecule has 2 aromatic carbocycles. The third-order valence-electron chi connectivity index (χ3n) is 5.28. The highest BCUT2D eigenvalue weighted by molar-refractivity contribution is 6.00. The number of benzene rings is 2. The molecule has 0 spiro atoms. The molecule has 2 aromatic rings. The summed E-state index contributed by atoms with van der Waals surface area (Å²) in [5.74, 6) is -1.29. The van der Waals surface area contributed by atoms with Gasteiger partial charge in [0.2, 0.25) is 0 Å². The average Bonchev–Trinajstić information content (AvgIpc) is 3.24. The molecule has 1 N–H and O–H groups in total. The first kappa shape index (κ1) is 21.8. The van der Waals surface area contributed by atoms with Crippen molar-refractivity contribution in [3.8, 4) is 5.75 Å². The molecule has 1 aliphatic carbocycles. The summed E-state index contributed by atoms with van der Waals surface area (Å²) in [6.07, 6.45) is 6.09. The maximum atomic E-state index is 13.3. The Morgan fingerprint density at radius 3 is 2.47 bits per heavy atom. The van der Waals surface area contributed by atoms with E-state index >= 15 is 0 Å². The maximum Gasteiger partial charge on any atom is 0.377 e. The van der Waals surface area contributed by atoms with Crippen molar-refractivity contribution in [2.45, 2.75) is 52.1 Å². The molecule has 0 aromatic heterocycles. The van der Waals surface area contributed by atoms with Gasteiger partial charge in [0.05, 0.1) is 0 Å². The first-order valence-corrected chi connectivity index (χ1v) is 10.2. The molecule has 1 saturated carbocycles. The highest BCUT2D eigenvalue weighted by atomic mass is 19.1. The highest BCUT2D eigenvalue weighted by Gasteiger charge is 2.25. The van der Waals surface area contributed by atoms with Crippen LogP contribution in [0.25, 0.3) is 5.57 Å². The number of hydrogen-bond donors (Lipinski definition) is 1. The Labute approximate surface area is 176 Å². The fourth-order valence-electron chi connectivity index (χ4n) is 3.52. The van der Waals surface area contributed by atoms with E-state index in [2.05, 4.69) is 6.58 Å². The van der Waals surface area contributed by atoms with Crippen LogP contribution in [-0.4, -0.2) is 17.2 Å². The van der Waals surface area contributed by atoms with Crippen molar-refractivity contribution in [1.29, 1.82) is 0 Å². The Bertz CT molecular complexity index is 950. The summed E-state index contributed by atoms with van der Waals surface area (Å²) in [7, 11) is 0. The van der Waals surface area contributed by atoms with Gasteiger partial charge >= 0.3 is 5.97 Å². The second-order valence-electron chi connectivity index (χ2n) is 7.84. The minimum atomic E-state index is -0.767.